The molecule has 0 bridgehead atoms. The van der Waals surface area contributed by atoms with Gasteiger partial charge >= 0.3 is 0 Å². The summed E-state index contributed by atoms with van der Waals surface area (Å²) in [5, 5.41) is 13.8. The topological polar surface area (TPSA) is 55.2 Å². The van der Waals surface area contributed by atoms with Crippen LogP contribution in [0.4, 0.5) is 11.4 Å². The lowest BCUT2D eigenvalue weighted by molar-refractivity contribution is -0.384. The Balaban J connectivity index is 2.06. The first-order valence-corrected chi connectivity index (χ1v) is 6.77. The molecule has 0 fully saturated rings. The number of nitrogens with zero attached hydrogens (tertiary/aromatic N) is 1. The Morgan fingerprint density at radius 2 is 1.58 bits per heavy atom. The highest BCUT2D eigenvalue weighted by Crippen LogP contribution is 2.29. The van der Waals surface area contributed by atoms with Crippen molar-refractivity contribution >= 4 is 23.1 Å². The van der Waals surface area contributed by atoms with Gasteiger partial charge in [0.1, 0.15) is 0 Å². The first-order valence-electron chi connectivity index (χ1n) is 5.95. The number of benzene rings is 2. The van der Waals surface area contributed by atoms with Crippen LogP contribution < -0.4 is 5.32 Å². The van der Waals surface area contributed by atoms with Gasteiger partial charge in [0.05, 0.1) is 4.92 Å². The highest BCUT2D eigenvalue weighted by molar-refractivity contribution is 7.99. The van der Waals surface area contributed by atoms with Crippen LogP contribution in [0.15, 0.2) is 58.3 Å². The maximum atomic E-state index is 10.6. The van der Waals surface area contributed by atoms with Gasteiger partial charge in [0.15, 0.2) is 0 Å². The second-order valence-corrected chi connectivity index (χ2v) is 5.05. The molecule has 0 atom stereocenters. The molecule has 2 aromatic rings. The quantitative estimate of drug-likeness (QED) is 0.656. The van der Waals surface area contributed by atoms with E-state index in [1.165, 1.54) is 12.1 Å². The van der Waals surface area contributed by atoms with Crippen molar-refractivity contribution in [2.75, 3.05) is 11.9 Å². The molecule has 5 heteroatoms. The third-order valence-corrected chi connectivity index (χ3v) is 3.53. The Labute approximate surface area is 116 Å². The fourth-order valence-corrected chi connectivity index (χ4v) is 2.43. The Bertz CT molecular complexity index is 553. The van der Waals surface area contributed by atoms with Gasteiger partial charge in [-0.3, -0.25) is 10.1 Å². The van der Waals surface area contributed by atoms with Gasteiger partial charge in [0.25, 0.3) is 5.69 Å². The minimum absolute atomic E-state index is 0.117. The number of non-ortho nitro benzene ring substituents is 1. The number of rotatable bonds is 5. The minimum Gasteiger partial charge on any atom is -0.385 e. The van der Waals surface area contributed by atoms with Crippen LogP contribution in [0.5, 0.6) is 0 Å². The summed E-state index contributed by atoms with van der Waals surface area (Å²) in [6, 6.07) is 14.7. The van der Waals surface area contributed by atoms with Gasteiger partial charge in [0.2, 0.25) is 0 Å². The van der Waals surface area contributed by atoms with E-state index in [1.807, 2.05) is 24.3 Å². The number of anilines is 1. The third kappa shape index (κ3) is 3.72. The van der Waals surface area contributed by atoms with Crippen molar-refractivity contribution in [2.45, 2.75) is 16.7 Å². The molecule has 0 unspecified atom stereocenters. The molecular formula is C14H14N2O2S. The number of hydrogen-bond acceptors (Lipinski definition) is 4. The van der Waals surface area contributed by atoms with Crippen LogP contribution in [-0.4, -0.2) is 11.5 Å². The van der Waals surface area contributed by atoms with E-state index < -0.39 is 0 Å². The molecule has 0 aliphatic carbocycles. The van der Waals surface area contributed by atoms with E-state index in [0.29, 0.717) is 0 Å². The minimum atomic E-state index is -0.389. The molecule has 0 spiro atoms. The molecule has 19 heavy (non-hydrogen) atoms. The SMILES string of the molecule is CCNc1ccc(Sc2ccc([N+](=O)[O-])cc2)cc1. The van der Waals surface area contributed by atoms with Gasteiger partial charge in [-0.05, 0) is 43.3 Å². The van der Waals surface area contributed by atoms with E-state index in [2.05, 4.69) is 12.2 Å². The average Bonchev–Trinajstić information content (AvgIpc) is 2.42. The van der Waals surface area contributed by atoms with Gasteiger partial charge < -0.3 is 5.32 Å². The smallest absolute Gasteiger partial charge is 0.269 e. The zero-order valence-corrected chi connectivity index (χ0v) is 11.3. The van der Waals surface area contributed by atoms with Crippen molar-refractivity contribution in [3.8, 4) is 0 Å². The molecule has 0 radical (unpaired) electrons. The van der Waals surface area contributed by atoms with Crippen molar-refractivity contribution < 1.29 is 4.92 Å². The molecule has 4 nitrogen and oxygen atoms in total. The summed E-state index contributed by atoms with van der Waals surface area (Å²) in [7, 11) is 0. The van der Waals surface area contributed by atoms with E-state index in [-0.39, 0.29) is 10.6 Å². The summed E-state index contributed by atoms with van der Waals surface area (Å²) in [6.07, 6.45) is 0. The second-order valence-electron chi connectivity index (χ2n) is 3.91. The van der Waals surface area contributed by atoms with E-state index in [4.69, 9.17) is 0 Å². The molecule has 2 aromatic carbocycles. The van der Waals surface area contributed by atoms with Crippen molar-refractivity contribution in [2.24, 2.45) is 0 Å². The molecule has 0 saturated carbocycles. The van der Waals surface area contributed by atoms with Crippen LogP contribution >= 0.6 is 11.8 Å². The van der Waals surface area contributed by atoms with E-state index in [0.717, 1.165) is 22.0 Å². The van der Waals surface area contributed by atoms with Crippen LogP contribution in [0.3, 0.4) is 0 Å². The molecule has 0 aliphatic heterocycles. The summed E-state index contributed by atoms with van der Waals surface area (Å²) in [5.74, 6) is 0. The van der Waals surface area contributed by atoms with Gasteiger partial charge in [-0.1, -0.05) is 11.8 Å². The van der Waals surface area contributed by atoms with Crippen molar-refractivity contribution in [3.05, 3.63) is 58.6 Å². The Morgan fingerprint density at radius 3 is 2.05 bits per heavy atom. The lowest BCUT2D eigenvalue weighted by Gasteiger charge is -2.05. The number of nitro groups is 1. The fraction of sp³-hybridized carbons (Fsp3) is 0.143. The number of hydrogen-bond donors (Lipinski definition) is 1. The van der Waals surface area contributed by atoms with E-state index in [9.17, 15) is 10.1 Å². The van der Waals surface area contributed by atoms with E-state index in [1.54, 1.807) is 23.9 Å². The van der Waals surface area contributed by atoms with E-state index >= 15 is 0 Å². The molecule has 0 heterocycles. The zero-order valence-electron chi connectivity index (χ0n) is 10.5. The predicted octanol–water partition coefficient (Wildman–Crippen LogP) is 4.18. The normalized spacial score (nSPS) is 10.2. The number of nitro benzene ring substituents is 1. The van der Waals surface area contributed by atoms with Crippen molar-refractivity contribution in [1.29, 1.82) is 0 Å². The summed E-state index contributed by atoms with van der Waals surface area (Å²) in [6.45, 7) is 2.95. The highest BCUT2D eigenvalue weighted by atomic mass is 32.2. The third-order valence-electron chi connectivity index (χ3n) is 2.52. The zero-order chi connectivity index (χ0) is 13.7. The molecular weight excluding hydrogens is 260 g/mol. The fourth-order valence-electron chi connectivity index (χ4n) is 1.62. The summed E-state index contributed by atoms with van der Waals surface area (Å²) < 4.78 is 0. The Morgan fingerprint density at radius 1 is 1.05 bits per heavy atom. The van der Waals surface area contributed by atoms with Crippen LogP contribution in [-0.2, 0) is 0 Å². The molecule has 0 saturated heterocycles. The Hall–Kier alpha value is -2.01. The van der Waals surface area contributed by atoms with Gasteiger partial charge in [-0.15, -0.1) is 0 Å². The van der Waals surface area contributed by atoms with Crippen molar-refractivity contribution in [3.63, 3.8) is 0 Å². The lowest BCUT2D eigenvalue weighted by atomic mass is 10.3. The van der Waals surface area contributed by atoms with Crippen LogP contribution in [0.2, 0.25) is 0 Å². The van der Waals surface area contributed by atoms with Gasteiger partial charge in [-0.2, -0.15) is 0 Å². The second kappa shape index (κ2) is 6.24. The Kier molecular flexibility index (Phi) is 4.41. The summed E-state index contributed by atoms with van der Waals surface area (Å²) >= 11 is 1.58. The van der Waals surface area contributed by atoms with Crippen LogP contribution in [0.1, 0.15) is 6.92 Å². The average molecular weight is 274 g/mol. The predicted molar refractivity (Wildman–Crippen MR) is 77.8 cm³/mol. The summed E-state index contributed by atoms with van der Waals surface area (Å²) in [4.78, 5) is 12.3. The molecule has 0 amide bonds. The monoisotopic (exact) mass is 274 g/mol. The maximum absolute atomic E-state index is 10.6. The van der Waals surface area contributed by atoms with Crippen LogP contribution in [0, 0.1) is 10.1 Å². The molecule has 2 rings (SSSR count). The first kappa shape index (κ1) is 13.4. The van der Waals surface area contributed by atoms with Gasteiger partial charge in [-0.25, -0.2) is 0 Å². The largest absolute Gasteiger partial charge is 0.385 e. The maximum Gasteiger partial charge on any atom is 0.269 e. The standard InChI is InChI=1S/C14H14N2O2S/c1-2-15-11-3-7-13(8-4-11)19-14-9-5-12(6-10-14)16(17)18/h3-10,15H,2H2,1H3. The lowest BCUT2D eigenvalue weighted by Crippen LogP contribution is -1.95. The highest BCUT2D eigenvalue weighted by Gasteiger charge is 2.04. The summed E-state index contributed by atoms with van der Waals surface area (Å²) in [5.41, 5.74) is 1.21. The first-order chi connectivity index (χ1) is 9.19. The van der Waals surface area contributed by atoms with Crippen LogP contribution in [0.25, 0.3) is 0 Å². The molecule has 0 aromatic heterocycles. The molecule has 98 valence electrons. The molecule has 0 aliphatic rings. The van der Waals surface area contributed by atoms with Crippen molar-refractivity contribution in [1.82, 2.24) is 0 Å². The number of nitrogens with one attached hydrogen (secondary N) is 1. The molecule has 1 N–H and O–H groups in total. The van der Waals surface area contributed by atoms with Gasteiger partial charge in [0, 0.05) is 34.2 Å².